The molecule has 1 heterocycles. The van der Waals surface area contributed by atoms with Crippen molar-refractivity contribution >= 4 is 16.5 Å². The van der Waals surface area contributed by atoms with Crippen molar-refractivity contribution in [2.75, 3.05) is 37.6 Å². The number of halogens is 4. The van der Waals surface area contributed by atoms with Gasteiger partial charge in [-0.2, -0.15) is 13.2 Å². The number of nitrogens with one attached hydrogen (secondary N) is 1. The first-order chi connectivity index (χ1) is 18.2. The molecule has 0 bridgehead atoms. The van der Waals surface area contributed by atoms with Gasteiger partial charge in [0.1, 0.15) is 17.3 Å². The van der Waals surface area contributed by atoms with E-state index in [0.29, 0.717) is 6.54 Å². The van der Waals surface area contributed by atoms with Crippen LogP contribution in [-0.2, 0) is 33.9 Å². The fourth-order valence-electron chi connectivity index (χ4n) is 4.50. The average molecular weight is 577 g/mol. The van der Waals surface area contributed by atoms with Gasteiger partial charge in [-0.1, -0.05) is 38.1 Å². The summed E-state index contributed by atoms with van der Waals surface area (Å²) >= 11 is 0. The summed E-state index contributed by atoms with van der Waals surface area (Å²) in [6, 6.07) is 9.46. The van der Waals surface area contributed by atoms with Gasteiger partial charge < -0.3 is 30.7 Å². The summed E-state index contributed by atoms with van der Waals surface area (Å²) in [6.07, 6.45) is -8.00. The second-order valence-electron chi connectivity index (χ2n) is 10.6. The first kappa shape index (κ1) is 31.3. The lowest BCUT2D eigenvalue weighted by atomic mass is 9.85. The lowest BCUT2D eigenvalue weighted by Gasteiger charge is -2.35. The van der Waals surface area contributed by atoms with E-state index in [-0.39, 0.29) is 30.1 Å². The van der Waals surface area contributed by atoms with Crippen LogP contribution in [0, 0.1) is 11.7 Å². The van der Waals surface area contributed by atoms with Crippen molar-refractivity contribution in [1.82, 2.24) is 5.32 Å². The molecule has 0 aromatic heterocycles. The van der Waals surface area contributed by atoms with E-state index in [2.05, 4.69) is 10.1 Å². The lowest BCUT2D eigenvalue weighted by Crippen LogP contribution is -2.53. The Hall–Kier alpha value is -2.25. The fraction of sp³-hybridized carbons (Fsp3) is 0.556. The first-order valence-corrected chi connectivity index (χ1v) is 14.0. The topological polar surface area (TPSA) is 114 Å². The first-order valence-electron chi connectivity index (χ1n) is 12.5. The summed E-state index contributed by atoms with van der Waals surface area (Å²) in [5.41, 5.74) is 6.80. The maximum atomic E-state index is 14.6. The number of methoxy groups -OCH3 is 1. The van der Waals surface area contributed by atoms with Gasteiger partial charge in [0.25, 0.3) is 0 Å². The number of rotatable bonds is 11. The second kappa shape index (κ2) is 12.9. The number of benzene rings is 2. The summed E-state index contributed by atoms with van der Waals surface area (Å²) in [5, 5.41) is 24.0. The third-order valence-corrected chi connectivity index (χ3v) is 8.47. The standard InChI is InChI=1S/C27H36F4N2O5S/c1-26(2,15-34)19-6-4-5-16(8-19)11-33-21-14-39(36)13-18(25(21)35)7-17-9-20(28)24(32)22(10-17)38-23(12-37-3)27(29,30)31/h4-6,8-10,18,21,23,25,33-35H,7,11-15,32H2,1-3H3/t18-,21+,23-,25+,39?/m1/s1. The molecule has 2 aromatic rings. The molecule has 39 heavy (non-hydrogen) atoms. The second-order valence-corrected chi connectivity index (χ2v) is 12.1. The Morgan fingerprint density at radius 2 is 1.90 bits per heavy atom. The summed E-state index contributed by atoms with van der Waals surface area (Å²) < 4.78 is 76.7. The van der Waals surface area contributed by atoms with Crippen molar-refractivity contribution in [3.63, 3.8) is 0 Å². The van der Waals surface area contributed by atoms with Crippen LogP contribution in [0.3, 0.4) is 0 Å². The Morgan fingerprint density at radius 3 is 2.54 bits per heavy atom. The Bertz CT molecular complexity index is 1150. The number of anilines is 1. The van der Waals surface area contributed by atoms with Crippen molar-refractivity contribution in [3.05, 3.63) is 58.9 Å². The molecule has 5 atom stereocenters. The van der Waals surface area contributed by atoms with Gasteiger partial charge in [-0.05, 0) is 35.2 Å². The number of aliphatic hydroxyl groups is 2. The molecule has 7 nitrogen and oxygen atoms in total. The zero-order valence-electron chi connectivity index (χ0n) is 22.1. The highest BCUT2D eigenvalue weighted by Crippen LogP contribution is 2.33. The lowest BCUT2D eigenvalue weighted by molar-refractivity contribution is -0.206. The number of hydrogen-bond donors (Lipinski definition) is 4. The van der Waals surface area contributed by atoms with E-state index in [4.69, 9.17) is 10.5 Å². The van der Waals surface area contributed by atoms with Crippen LogP contribution in [0.4, 0.5) is 23.2 Å². The molecule has 5 N–H and O–H groups in total. The van der Waals surface area contributed by atoms with E-state index < -0.39 is 70.4 Å². The monoisotopic (exact) mass is 576 g/mol. The molecule has 1 aliphatic rings. The molecular weight excluding hydrogens is 540 g/mol. The van der Waals surface area contributed by atoms with E-state index in [1.807, 2.05) is 38.1 Å². The van der Waals surface area contributed by atoms with E-state index in [1.165, 1.54) is 6.07 Å². The van der Waals surface area contributed by atoms with Gasteiger partial charge >= 0.3 is 6.18 Å². The zero-order chi connectivity index (χ0) is 29.0. The van der Waals surface area contributed by atoms with Crippen molar-refractivity contribution in [3.8, 4) is 5.75 Å². The van der Waals surface area contributed by atoms with E-state index in [1.54, 1.807) is 0 Å². The third-order valence-electron chi connectivity index (χ3n) is 6.93. The van der Waals surface area contributed by atoms with Gasteiger partial charge in [0.2, 0.25) is 6.10 Å². The van der Waals surface area contributed by atoms with Gasteiger partial charge in [-0.25, -0.2) is 4.39 Å². The predicted octanol–water partition coefficient (Wildman–Crippen LogP) is 3.07. The van der Waals surface area contributed by atoms with Gasteiger partial charge in [-0.3, -0.25) is 4.21 Å². The number of aliphatic hydroxyl groups excluding tert-OH is 2. The number of nitrogen functional groups attached to an aromatic ring is 1. The van der Waals surface area contributed by atoms with Gasteiger partial charge in [0.15, 0.2) is 0 Å². The Labute approximate surface area is 228 Å². The van der Waals surface area contributed by atoms with Crippen LogP contribution in [-0.4, -0.2) is 70.7 Å². The molecule has 0 aliphatic carbocycles. The van der Waals surface area contributed by atoms with Crippen LogP contribution in [0.2, 0.25) is 0 Å². The van der Waals surface area contributed by atoms with Crippen molar-refractivity contribution in [2.45, 2.75) is 56.7 Å². The van der Waals surface area contributed by atoms with Crippen molar-refractivity contribution < 1.29 is 41.5 Å². The van der Waals surface area contributed by atoms with Gasteiger partial charge in [-0.15, -0.1) is 0 Å². The molecule has 0 radical (unpaired) electrons. The number of ether oxygens (including phenoxy) is 2. The predicted molar refractivity (Wildman–Crippen MR) is 141 cm³/mol. The van der Waals surface area contributed by atoms with Crippen LogP contribution in [0.5, 0.6) is 5.75 Å². The Balaban J connectivity index is 1.74. The highest BCUT2D eigenvalue weighted by molar-refractivity contribution is 7.85. The maximum Gasteiger partial charge on any atom is 0.427 e. The maximum absolute atomic E-state index is 14.6. The minimum absolute atomic E-state index is 0.0202. The average Bonchev–Trinajstić information content (AvgIpc) is 2.87. The molecule has 12 heteroatoms. The van der Waals surface area contributed by atoms with Crippen LogP contribution >= 0.6 is 0 Å². The third kappa shape index (κ3) is 8.14. The van der Waals surface area contributed by atoms with Crippen LogP contribution in [0.15, 0.2) is 36.4 Å². The molecule has 0 saturated carbocycles. The molecule has 0 spiro atoms. The smallest absolute Gasteiger partial charge is 0.427 e. The number of alkyl halides is 3. The number of hydrogen-bond acceptors (Lipinski definition) is 7. The Morgan fingerprint density at radius 1 is 1.18 bits per heavy atom. The Kier molecular flexibility index (Phi) is 10.4. The molecule has 2 aromatic carbocycles. The van der Waals surface area contributed by atoms with E-state index in [9.17, 15) is 32.0 Å². The largest absolute Gasteiger partial charge is 0.476 e. The fourth-order valence-corrected chi connectivity index (χ4v) is 6.14. The molecule has 1 aliphatic heterocycles. The molecule has 1 saturated heterocycles. The summed E-state index contributed by atoms with van der Waals surface area (Å²) in [6.45, 7) is 3.41. The van der Waals surface area contributed by atoms with Crippen LogP contribution in [0.1, 0.15) is 30.5 Å². The molecule has 3 rings (SSSR count). The molecule has 0 amide bonds. The molecular formula is C27H36F4N2O5S. The van der Waals surface area contributed by atoms with E-state index >= 15 is 0 Å². The van der Waals surface area contributed by atoms with Gasteiger partial charge in [0.05, 0.1) is 19.3 Å². The molecule has 1 fully saturated rings. The summed E-state index contributed by atoms with van der Waals surface area (Å²) in [7, 11) is -0.194. The highest BCUT2D eigenvalue weighted by atomic mass is 32.2. The van der Waals surface area contributed by atoms with Crippen LogP contribution < -0.4 is 15.8 Å². The molecule has 218 valence electrons. The van der Waals surface area contributed by atoms with Crippen molar-refractivity contribution in [2.24, 2.45) is 5.92 Å². The normalized spacial score (nSPS) is 23.0. The quantitative estimate of drug-likeness (QED) is 0.240. The summed E-state index contributed by atoms with van der Waals surface area (Å²) in [4.78, 5) is 0. The van der Waals surface area contributed by atoms with Crippen molar-refractivity contribution in [1.29, 1.82) is 0 Å². The minimum atomic E-state index is -4.77. The summed E-state index contributed by atoms with van der Waals surface area (Å²) in [5.74, 6) is -1.61. The molecule has 1 unspecified atom stereocenters. The van der Waals surface area contributed by atoms with Crippen LogP contribution in [0.25, 0.3) is 0 Å². The highest BCUT2D eigenvalue weighted by Gasteiger charge is 2.42. The van der Waals surface area contributed by atoms with Gasteiger partial charge in [0, 0.05) is 53.3 Å². The minimum Gasteiger partial charge on any atom is -0.476 e. The number of nitrogens with two attached hydrogens (primary N) is 1. The SMILES string of the molecule is COC[C@@H](Oc1cc(C[C@@H]2CS(=O)C[C@H](NCc3cccc(C(C)(C)CO)c3)[C@H]2O)cc(F)c1N)C(F)(F)F. The zero-order valence-corrected chi connectivity index (χ0v) is 22.9. The van der Waals surface area contributed by atoms with E-state index in [0.717, 1.165) is 24.3 Å².